The van der Waals surface area contributed by atoms with Crippen LogP contribution in [0.25, 0.3) is 22.3 Å². The monoisotopic (exact) mass is 668 g/mol. The summed E-state index contributed by atoms with van der Waals surface area (Å²) in [6, 6.07) is 26.2. The number of amides is 2. The number of likely N-dealkylation sites (tertiary alicyclic amines) is 1. The number of methoxy groups -OCH3 is 3. The van der Waals surface area contributed by atoms with Crippen LogP contribution >= 0.6 is 0 Å². The van der Waals surface area contributed by atoms with Crippen LogP contribution in [0.5, 0.6) is 23.0 Å². The fraction of sp³-hybridized carbons (Fsp3) is 0.333. The number of rotatable bonds is 11. The molecule has 1 aliphatic heterocycles. The van der Waals surface area contributed by atoms with Gasteiger partial charge in [-0.1, -0.05) is 24.3 Å². The van der Waals surface area contributed by atoms with E-state index in [1.807, 2.05) is 93.6 Å². The molecule has 2 amide bonds. The molecular formula is C39H44N2O8. The maximum Gasteiger partial charge on any atom is 0.410 e. The summed E-state index contributed by atoms with van der Waals surface area (Å²) in [6.45, 7) is 6.79. The molecule has 49 heavy (non-hydrogen) atoms. The molecule has 10 nitrogen and oxygen atoms in total. The average molecular weight is 669 g/mol. The topological polar surface area (TPSA) is 105 Å². The van der Waals surface area contributed by atoms with Gasteiger partial charge in [0.15, 0.2) is 6.79 Å². The Labute approximate surface area is 287 Å². The van der Waals surface area contributed by atoms with Gasteiger partial charge in [-0.15, -0.1) is 0 Å². The molecular weight excluding hydrogens is 624 g/mol. The van der Waals surface area contributed by atoms with E-state index >= 15 is 0 Å². The number of nitrogens with zero attached hydrogens (tertiary/aromatic N) is 1. The van der Waals surface area contributed by atoms with Crippen LogP contribution in [-0.2, 0) is 9.47 Å². The van der Waals surface area contributed by atoms with Gasteiger partial charge in [0.05, 0.1) is 14.2 Å². The zero-order chi connectivity index (χ0) is 35.0. The first-order valence-electron chi connectivity index (χ1n) is 16.2. The fourth-order valence-corrected chi connectivity index (χ4v) is 5.53. The molecule has 0 atom stereocenters. The summed E-state index contributed by atoms with van der Waals surface area (Å²) in [7, 11) is 4.79. The number of hydrogen-bond acceptors (Lipinski definition) is 8. The van der Waals surface area contributed by atoms with Gasteiger partial charge in [-0.2, -0.15) is 0 Å². The number of benzene rings is 4. The lowest BCUT2D eigenvalue weighted by atomic mass is 10.0. The highest BCUT2D eigenvalue weighted by Gasteiger charge is 2.28. The normalized spacial score (nSPS) is 13.4. The summed E-state index contributed by atoms with van der Waals surface area (Å²) >= 11 is 0. The molecule has 0 spiro atoms. The first kappa shape index (κ1) is 35.1. The molecule has 1 heterocycles. The molecule has 0 unspecified atom stereocenters. The van der Waals surface area contributed by atoms with Crippen LogP contribution < -0.4 is 24.3 Å². The number of carbonyl (C=O) groups excluding carboxylic acids is 2. The number of hydrogen-bond donors (Lipinski definition) is 1. The summed E-state index contributed by atoms with van der Waals surface area (Å²) in [6.07, 6.45) is 1.05. The van der Waals surface area contributed by atoms with Gasteiger partial charge in [0.25, 0.3) is 5.91 Å². The molecule has 0 bridgehead atoms. The lowest BCUT2D eigenvalue weighted by Crippen LogP contribution is -2.44. The molecule has 0 aliphatic carbocycles. The molecule has 4 aromatic rings. The molecule has 0 saturated carbocycles. The third-order valence-corrected chi connectivity index (χ3v) is 7.98. The Hall–Kier alpha value is -5.22. The molecule has 0 radical (unpaired) electrons. The Balaban J connectivity index is 1.26. The predicted octanol–water partition coefficient (Wildman–Crippen LogP) is 8.05. The number of carbonyl (C=O) groups is 2. The van der Waals surface area contributed by atoms with Gasteiger partial charge >= 0.3 is 6.09 Å². The summed E-state index contributed by atoms with van der Waals surface area (Å²) in [5.74, 6) is 2.39. The Kier molecular flexibility index (Phi) is 11.3. The van der Waals surface area contributed by atoms with Crippen LogP contribution in [0, 0.1) is 0 Å². The third kappa shape index (κ3) is 9.23. The van der Waals surface area contributed by atoms with Crippen molar-refractivity contribution in [3.8, 4) is 45.3 Å². The highest BCUT2D eigenvalue weighted by atomic mass is 16.7. The Morgan fingerprint density at radius 2 is 1.53 bits per heavy atom. The van der Waals surface area contributed by atoms with Gasteiger partial charge in [-0.3, -0.25) is 4.79 Å². The smallest absolute Gasteiger partial charge is 0.410 e. The van der Waals surface area contributed by atoms with Crippen molar-refractivity contribution in [2.24, 2.45) is 0 Å². The Morgan fingerprint density at radius 3 is 2.20 bits per heavy atom. The Morgan fingerprint density at radius 1 is 0.776 bits per heavy atom. The van der Waals surface area contributed by atoms with Gasteiger partial charge < -0.3 is 38.6 Å². The van der Waals surface area contributed by atoms with E-state index < -0.39 is 5.60 Å². The van der Waals surface area contributed by atoms with E-state index in [2.05, 4.69) is 5.32 Å². The summed E-state index contributed by atoms with van der Waals surface area (Å²) in [5, 5.41) is 2.99. The maximum atomic E-state index is 13.3. The minimum absolute atomic E-state index is 0.0417. The second-order valence-corrected chi connectivity index (χ2v) is 12.7. The van der Waals surface area contributed by atoms with Gasteiger partial charge in [-0.05, 0) is 86.5 Å². The van der Waals surface area contributed by atoms with Crippen LogP contribution in [0.2, 0.25) is 0 Å². The van der Waals surface area contributed by atoms with E-state index in [9.17, 15) is 9.59 Å². The maximum absolute atomic E-state index is 13.3. The van der Waals surface area contributed by atoms with Crippen molar-refractivity contribution in [1.29, 1.82) is 0 Å². The van der Waals surface area contributed by atoms with Gasteiger partial charge in [0, 0.05) is 61.5 Å². The number of anilines is 1. The minimum Gasteiger partial charge on any atom is -0.497 e. The number of nitrogens with one attached hydrogen (secondary N) is 1. The van der Waals surface area contributed by atoms with Crippen molar-refractivity contribution in [1.82, 2.24) is 4.90 Å². The first-order valence-corrected chi connectivity index (χ1v) is 16.2. The van der Waals surface area contributed by atoms with Crippen LogP contribution in [0.15, 0.2) is 84.9 Å². The predicted molar refractivity (Wildman–Crippen MR) is 189 cm³/mol. The van der Waals surface area contributed by atoms with E-state index in [0.29, 0.717) is 60.2 Å². The van der Waals surface area contributed by atoms with E-state index in [-0.39, 0.29) is 24.9 Å². The van der Waals surface area contributed by atoms with Crippen molar-refractivity contribution in [3.05, 3.63) is 90.5 Å². The van der Waals surface area contributed by atoms with Crippen molar-refractivity contribution >= 4 is 17.7 Å². The summed E-state index contributed by atoms with van der Waals surface area (Å²) in [5.41, 5.74) is 4.01. The van der Waals surface area contributed by atoms with E-state index in [1.165, 1.54) is 0 Å². The molecule has 1 N–H and O–H groups in total. The second-order valence-electron chi connectivity index (χ2n) is 12.7. The first-order chi connectivity index (χ1) is 23.6. The van der Waals surface area contributed by atoms with Crippen LogP contribution in [-0.4, -0.2) is 69.8 Å². The van der Waals surface area contributed by atoms with Crippen molar-refractivity contribution in [3.63, 3.8) is 0 Å². The highest BCUT2D eigenvalue weighted by molar-refractivity contribution is 6.05. The number of piperidine rings is 1. The van der Waals surface area contributed by atoms with Gasteiger partial charge in [-0.25, -0.2) is 4.79 Å². The summed E-state index contributed by atoms with van der Waals surface area (Å²) in [4.78, 5) is 27.5. The quantitative estimate of drug-likeness (QED) is 0.160. The van der Waals surface area contributed by atoms with Crippen LogP contribution in [0.1, 0.15) is 44.0 Å². The SMILES string of the molecule is COCOc1cc(OC2CCN(C(=O)OC(C)(C)C)CC2)ccc1-c1ccc(NC(=O)c2ccc(OC)c(-c3cccc(OC)c3)c2)cc1. The molecule has 4 aromatic carbocycles. The van der Waals surface area contributed by atoms with Gasteiger partial charge in [0.1, 0.15) is 34.7 Å². The van der Waals surface area contributed by atoms with E-state index in [1.54, 1.807) is 38.4 Å². The fourth-order valence-electron chi connectivity index (χ4n) is 5.53. The molecule has 258 valence electrons. The number of ether oxygens (including phenoxy) is 6. The standard InChI is InChI=1S/C39H44N2O8/c1-39(2,3)49-38(43)41-20-18-30(19-21-41)48-32-15-16-33(36(24-32)47-25-44-4)26-10-13-29(14-11-26)40-37(42)28-12-17-35(46-6)34(23-28)27-8-7-9-31(22-27)45-5/h7-17,22-24,30H,18-21,25H2,1-6H3,(H,40,42). The van der Waals surface area contributed by atoms with Crippen molar-refractivity contribution in [2.75, 3.05) is 46.5 Å². The summed E-state index contributed by atoms with van der Waals surface area (Å²) < 4.78 is 33.9. The van der Waals surface area contributed by atoms with Crippen LogP contribution in [0.4, 0.5) is 10.5 Å². The second kappa shape index (κ2) is 15.8. The minimum atomic E-state index is -0.528. The van der Waals surface area contributed by atoms with Gasteiger partial charge in [0.2, 0.25) is 0 Å². The molecule has 5 rings (SSSR count). The molecule has 1 aliphatic rings. The van der Waals surface area contributed by atoms with Crippen molar-refractivity contribution < 1.29 is 38.0 Å². The molecule has 1 saturated heterocycles. The zero-order valence-electron chi connectivity index (χ0n) is 28.9. The van der Waals surface area contributed by atoms with E-state index in [0.717, 1.165) is 22.3 Å². The lowest BCUT2D eigenvalue weighted by Gasteiger charge is -2.33. The van der Waals surface area contributed by atoms with Crippen molar-refractivity contribution in [2.45, 2.75) is 45.3 Å². The highest BCUT2D eigenvalue weighted by Crippen LogP contribution is 2.36. The Bertz CT molecular complexity index is 1740. The largest absolute Gasteiger partial charge is 0.497 e. The molecule has 10 heteroatoms. The molecule has 0 aromatic heterocycles. The molecule has 1 fully saturated rings. The van der Waals surface area contributed by atoms with E-state index in [4.69, 9.17) is 28.4 Å². The average Bonchev–Trinajstić information content (AvgIpc) is 3.10. The zero-order valence-corrected chi connectivity index (χ0v) is 28.9. The lowest BCUT2D eigenvalue weighted by molar-refractivity contribution is 0.0126. The van der Waals surface area contributed by atoms with Crippen LogP contribution in [0.3, 0.4) is 0 Å². The third-order valence-electron chi connectivity index (χ3n) is 7.98.